The molecule has 5 nitrogen and oxygen atoms in total. The summed E-state index contributed by atoms with van der Waals surface area (Å²) in [4.78, 5) is 11.8. The van der Waals surface area contributed by atoms with Crippen molar-refractivity contribution in [2.24, 2.45) is 5.41 Å². The summed E-state index contributed by atoms with van der Waals surface area (Å²) in [6.07, 6.45) is 0. The van der Waals surface area contributed by atoms with Gasteiger partial charge in [-0.25, -0.2) is 9.24 Å². The smallest absolute Gasteiger partial charge is 0.301 e. The number of carbonyl (C=O) groups excluding carboxylic acids is 1. The van der Waals surface area contributed by atoms with Crippen molar-refractivity contribution in [1.82, 2.24) is 9.76 Å². The standard InChI is InChI=1S/C9H17Cl2N2O3P/c1-9(2)7-16-17(15,12-8(9)14)13(5-3-10)6-4-11/h3-7H2,1-2H3,(H,12,14,15). The molecule has 8 heteroatoms. The summed E-state index contributed by atoms with van der Waals surface area (Å²) < 4.78 is 19.3. The first-order valence-electron chi connectivity index (χ1n) is 5.30. The van der Waals surface area contributed by atoms with Crippen LogP contribution in [0.3, 0.4) is 0 Å². The second kappa shape index (κ2) is 5.89. The molecule has 0 radical (unpaired) electrons. The second-order valence-corrected chi connectivity index (χ2v) is 7.29. The third-order valence-corrected chi connectivity index (χ3v) is 4.96. The Morgan fingerprint density at radius 3 is 2.35 bits per heavy atom. The van der Waals surface area contributed by atoms with Crippen molar-refractivity contribution < 1.29 is 13.9 Å². The molecule has 0 aromatic carbocycles. The molecule has 0 aromatic rings. The van der Waals surface area contributed by atoms with Gasteiger partial charge in [0.1, 0.15) is 0 Å². The minimum Gasteiger partial charge on any atom is -0.301 e. The lowest BCUT2D eigenvalue weighted by molar-refractivity contribution is -0.131. The van der Waals surface area contributed by atoms with Gasteiger partial charge in [-0.15, -0.1) is 23.2 Å². The van der Waals surface area contributed by atoms with Gasteiger partial charge in [0.25, 0.3) is 0 Å². The van der Waals surface area contributed by atoms with Gasteiger partial charge < -0.3 is 4.52 Å². The highest BCUT2D eigenvalue weighted by Crippen LogP contribution is 2.51. The summed E-state index contributed by atoms with van der Waals surface area (Å²) in [5.41, 5.74) is -0.665. The van der Waals surface area contributed by atoms with Gasteiger partial charge in [-0.1, -0.05) is 0 Å². The van der Waals surface area contributed by atoms with E-state index in [-0.39, 0.29) is 12.5 Å². The van der Waals surface area contributed by atoms with Crippen LogP contribution in [0.4, 0.5) is 0 Å². The van der Waals surface area contributed by atoms with Crippen LogP contribution in [0.5, 0.6) is 0 Å². The van der Waals surface area contributed by atoms with E-state index in [4.69, 9.17) is 27.7 Å². The highest BCUT2D eigenvalue weighted by atomic mass is 35.5. The van der Waals surface area contributed by atoms with Crippen molar-refractivity contribution in [2.45, 2.75) is 13.8 Å². The Morgan fingerprint density at radius 1 is 1.41 bits per heavy atom. The molecule has 1 amide bonds. The summed E-state index contributed by atoms with van der Waals surface area (Å²) in [5.74, 6) is 0.314. The number of nitrogens with one attached hydrogen (secondary N) is 1. The number of hydrogen-bond donors (Lipinski definition) is 1. The van der Waals surface area contributed by atoms with Gasteiger partial charge in [0.15, 0.2) is 0 Å². The van der Waals surface area contributed by atoms with E-state index >= 15 is 0 Å². The first-order valence-corrected chi connectivity index (χ1v) is 7.95. The van der Waals surface area contributed by atoms with Crippen molar-refractivity contribution in [3.8, 4) is 0 Å². The van der Waals surface area contributed by atoms with Crippen LogP contribution in [0.15, 0.2) is 0 Å². The molecule has 1 rings (SSSR count). The van der Waals surface area contributed by atoms with Crippen LogP contribution in [0.1, 0.15) is 13.8 Å². The van der Waals surface area contributed by atoms with Gasteiger partial charge in [0.2, 0.25) is 5.91 Å². The average molecular weight is 303 g/mol. The summed E-state index contributed by atoms with van der Waals surface area (Å²) in [5, 5.41) is 2.46. The van der Waals surface area contributed by atoms with Gasteiger partial charge in [-0.05, 0) is 13.8 Å². The fourth-order valence-corrected chi connectivity index (χ4v) is 4.15. The van der Waals surface area contributed by atoms with E-state index in [0.29, 0.717) is 24.8 Å². The molecule has 1 saturated heterocycles. The molecule has 1 N–H and O–H groups in total. The largest absolute Gasteiger partial charge is 0.370 e. The fraction of sp³-hybridized carbons (Fsp3) is 0.889. The number of halogens is 2. The maximum atomic E-state index is 12.5. The molecule has 0 aromatic heterocycles. The molecule has 1 aliphatic rings. The molecular formula is C9H17Cl2N2O3P. The maximum Gasteiger partial charge on any atom is 0.370 e. The quantitative estimate of drug-likeness (QED) is 0.624. The number of carbonyl (C=O) groups is 1. The Labute approximate surface area is 111 Å². The van der Waals surface area contributed by atoms with E-state index in [1.807, 2.05) is 0 Å². The zero-order valence-electron chi connectivity index (χ0n) is 9.91. The Kier molecular flexibility index (Phi) is 5.29. The van der Waals surface area contributed by atoms with Gasteiger partial charge in [-0.3, -0.25) is 9.88 Å². The van der Waals surface area contributed by atoms with E-state index in [1.165, 1.54) is 4.67 Å². The van der Waals surface area contributed by atoms with Crippen LogP contribution in [0.25, 0.3) is 0 Å². The molecule has 1 unspecified atom stereocenters. The topological polar surface area (TPSA) is 58.6 Å². The maximum absolute atomic E-state index is 12.5. The van der Waals surface area contributed by atoms with E-state index < -0.39 is 13.1 Å². The average Bonchev–Trinajstić information content (AvgIpc) is 2.25. The molecule has 1 atom stereocenters. The van der Waals surface area contributed by atoms with Crippen LogP contribution < -0.4 is 5.09 Å². The van der Waals surface area contributed by atoms with Crippen molar-refractivity contribution >= 4 is 36.8 Å². The molecule has 1 fully saturated rings. The number of nitrogens with zero attached hydrogens (tertiary/aromatic N) is 1. The predicted octanol–water partition coefficient (Wildman–Crippen LogP) is 2.05. The first kappa shape index (κ1) is 15.3. The number of hydrogen-bond acceptors (Lipinski definition) is 3. The lowest BCUT2D eigenvalue weighted by atomic mass is 9.94. The summed E-state index contributed by atoms with van der Waals surface area (Å²) in [6, 6.07) is 0. The number of amides is 1. The SMILES string of the molecule is CC1(C)COP(=O)(N(CCCl)CCCl)NC1=O. The predicted molar refractivity (Wildman–Crippen MR) is 68.5 cm³/mol. The molecule has 0 spiro atoms. The Balaban J connectivity index is 2.81. The lowest BCUT2D eigenvalue weighted by Crippen LogP contribution is -2.47. The van der Waals surface area contributed by atoms with Crippen molar-refractivity contribution in [3.05, 3.63) is 0 Å². The number of alkyl halides is 2. The zero-order valence-corrected chi connectivity index (χ0v) is 12.3. The third-order valence-electron chi connectivity index (χ3n) is 2.52. The third kappa shape index (κ3) is 3.58. The van der Waals surface area contributed by atoms with Gasteiger partial charge in [-0.2, -0.15) is 0 Å². The van der Waals surface area contributed by atoms with E-state index in [0.717, 1.165) is 0 Å². The Bertz CT molecular complexity index is 332. The fourth-order valence-electron chi connectivity index (χ4n) is 1.35. The highest BCUT2D eigenvalue weighted by Gasteiger charge is 2.44. The molecule has 100 valence electrons. The van der Waals surface area contributed by atoms with Crippen LogP contribution in [-0.2, 0) is 13.9 Å². The summed E-state index contributed by atoms with van der Waals surface area (Å²) in [6.45, 7) is 4.30. The van der Waals surface area contributed by atoms with Crippen molar-refractivity contribution in [3.63, 3.8) is 0 Å². The molecule has 0 aliphatic carbocycles. The van der Waals surface area contributed by atoms with Crippen molar-refractivity contribution in [1.29, 1.82) is 0 Å². The van der Waals surface area contributed by atoms with Crippen LogP contribution in [-0.4, -0.2) is 42.0 Å². The van der Waals surface area contributed by atoms with Crippen molar-refractivity contribution in [2.75, 3.05) is 31.5 Å². The Hall–Kier alpha value is 0.200. The van der Waals surface area contributed by atoms with Gasteiger partial charge in [0.05, 0.1) is 12.0 Å². The number of rotatable bonds is 5. The van der Waals surface area contributed by atoms with Crippen LogP contribution >= 0.6 is 30.9 Å². The minimum atomic E-state index is -3.33. The summed E-state index contributed by atoms with van der Waals surface area (Å²) >= 11 is 11.3. The molecule has 0 saturated carbocycles. The lowest BCUT2D eigenvalue weighted by Gasteiger charge is -2.38. The molecule has 17 heavy (non-hydrogen) atoms. The van der Waals surface area contributed by atoms with Crippen LogP contribution in [0, 0.1) is 5.41 Å². The monoisotopic (exact) mass is 302 g/mol. The highest BCUT2D eigenvalue weighted by molar-refractivity contribution is 7.55. The Morgan fingerprint density at radius 2 is 1.94 bits per heavy atom. The first-order chi connectivity index (χ1) is 7.85. The minimum absolute atomic E-state index is 0.122. The normalized spacial score (nSPS) is 28.2. The van der Waals surface area contributed by atoms with Gasteiger partial charge in [0, 0.05) is 24.8 Å². The van der Waals surface area contributed by atoms with E-state index in [1.54, 1.807) is 13.8 Å². The van der Waals surface area contributed by atoms with Gasteiger partial charge >= 0.3 is 7.67 Å². The summed E-state index contributed by atoms with van der Waals surface area (Å²) in [7, 11) is -3.33. The second-order valence-electron chi connectivity index (χ2n) is 4.45. The van der Waals surface area contributed by atoms with E-state index in [2.05, 4.69) is 5.09 Å². The van der Waals surface area contributed by atoms with Crippen LogP contribution in [0.2, 0.25) is 0 Å². The zero-order chi connectivity index (χ0) is 13.1. The molecular weight excluding hydrogens is 286 g/mol. The molecule has 1 heterocycles. The van der Waals surface area contributed by atoms with E-state index in [9.17, 15) is 9.36 Å². The molecule has 1 aliphatic heterocycles. The molecule has 0 bridgehead atoms.